The van der Waals surface area contributed by atoms with Crippen molar-refractivity contribution in [2.24, 2.45) is 5.73 Å². The van der Waals surface area contributed by atoms with Crippen LogP contribution in [0, 0.1) is 0 Å². The minimum absolute atomic E-state index is 0.443. The van der Waals surface area contributed by atoms with Crippen molar-refractivity contribution < 1.29 is 4.79 Å². The van der Waals surface area contributed by atoms with Crippen LogP contribution < -0.4 is 11.1 Å². The first-order chi connectivity index (χ1) is 12.2. The van der Waals surface area contributed by atoms with E-state index in [2.05, 4.69) is 39.6 Å². The quantitative estimate of drug-likeness (QED) is 0.648. The topological polar surface area (TPSA) is 83.8 Å². The second kappa shape index (κ2) is 6.69. The zero-order valence-corrected chi connectivity index (χ0v) is 14.1. The van der Waals surface area contributed by atoms with E-state index in [1.54, 1.807) is 6.07 Å². The summed E-state index contributed by atoms with van der Waals surface area (Å²) in [4.78, 5) is 19.4. The molecular formula is C20H22N4O. The lowest BCUT2D eigenvalue weighted by molar-refractivity contribution is 0.100. The Hall–Kier alpha value is -2.66. The highest BCUT2D eigenvalue weighted by Gasteiger charge is 2.16. The Morgan fingerprint density at radius 3 is 2.68 bits per heavy atom. The molecule has 0 bridgehead atoms. The number of benzene rings is 2. The molecule has 1 amide bonds. The van der Waals surface area contributed by atoms with E-state index in [4.69, 9.17) is 5.73 Å². The number of aromatic nitrogens is 2. The van der Waals surface area contributed by atoms with Gasteiger partial charge in [-0.05, 0) is 43.5 Å². The largest absolute Gasteiger partial charge is 0.366 e. The van der Waals surface area contributed by atoms with Crippen molar-refractivity contribution in [3.05, 3.63) is 53.6 Å². The van der Waals surface area contributed by atoms with Crippen molar-refractivity contribution in [3.63, 3.8) is 0 Å². The molecule has 0 radical (unpaired) electrons. The van der Waals surface area contributed by atoms with E-state index in [1.165, 1.54) is 24.8 Å². The molecule has 4 N–H and O–H groups in total. The zero-order chi connectivity index (χ0) is 17.2. The molecule has 128 valence electrons. The van der Waals surface area contributed by atoms with Crippen LogP contribution in [0.1, 0.15) is 35.2 Å². The summed E-state index contributed by atoms with van der Waals surface area (Å²) in [6.07, 6.45) is 5.03. The molecule has 5 heteroatoms. The molecule has 1 fully saturated rings. The van der Waals surface area contributed by atoms with E-state index in [0.29, 0.717) is 11.1 Å². The fourth-order valence-electron chi connectivity index (χ4n) is 3.23. The first kappa shape index (κ1) is 15.8. The number of imidazole rings is 1. The van der Waals surface area contributed by atoms with Crippen LogP contribution in [0.25, 0.3) is 22.4 Å². The van der Waals surface area contributed by atoms with Gasteiger partial charge in [-0.15, -0.1) is 0 Å². The Morgan fingerprint density at radius 1 is 1.20 bits per heavy atom. The molecule has 0 atom stereocenters. The van der Waals surface area contributed by atoms with Crippen molar-refractivity contribution in [1.82, 2.24) is 15.3 Å². The average Bonchev–Trinajstić information content (AvgIpc) is 3.01. The molecule has 1 heterocycles. The summed E-state index contributed by atoms with van der Waals surface area (Å²) in [7, 11) is 0. The fraction of sp³-hybridized carbons (Fsp3) is 0.300. The third-order valence-corrected chi connectivity index (χ3v) is 4.96. The monoisotopic (exact) mass is 334 g/mol. The lowest BCUT2D eigenvalue weighted by atomic mass is 9.93. The van der Waals surface area contributed by atoms with Crippen LogP contribution in [0.5, 0.6) is 0 Å². The number of H-pyrrole nitrogens is 1. The van der Waals surface area contributed by atoms with E-state index in [1.807, 2.05) is 12.1 Å². The molecule has 0 aliphatic heterocycles. The van der Waals surface area contributed by atoms with Gasteiger partial charge in [-0.25, -0.2) is 4.98 Å². The van der Waals surface area contributed by atoms with Gasteiger partial charge in [-0.1, -0.05) is 36.8 Å². The van der Waals surface area contributed by atoms with Crippen LogP contribution in [-0.4, -0.2) is 28.5 Å². The van der Waals surface area contributed by atoms with Gasteiger partial charge in [0.15, 0.2) is 0 Å². The molecule has 3 aromatic rings. The highest BCUT2D eigenvalue weighted by Crippen LogP contribution is 2.23. The maximum Gasteiger partial charge on any atom is 0.250 e. The molecule has 25 heavy (non-hydrogen) atoms. The van der Waals surface area contributed by atoms with Gasteiger partial charge in [0.25, 0.3) is 5.91 Å². The SMILES string of the molecule is NC(=O)c1cccc2[nH]c(-c3ccc(CCNC4CCC4)cc3)nc12. The van der Waals surface area contributed by atoms with Gasteiger partial charge in [0, 0.05) is 11.6 Å². The Balaban J connectivity index is 1.50. The highest BCUT2D eigenvalue weighted by atomic mass is 16.1. The molecule has 0 saturated heterocycles. The summed E-state index contributed by atoms with van der Waals surface area (Å²) in [5, 5.41) is 3.59. The number of nitrogens with two attached hydrogens (primary N) is 1. The van der Waals surface area contributed by atoms with E-state index in [9.17, 15) is 4.79 Å². The minimum atomic E-state index is -0.460. The predicted octanol–water partition coefficient (Wildman–Crippen LogP) is 3.01. The van der Waals surface area contributed by atoms with Crippen LogP contribution >= 0.6 is 0 Å². The Labute approximate surface area is 146 Å². The molecule has 1 aliphatic rings. The Morgan fingerprint density at radius 2 is 2.00 bits per heavy atom. The molecule has 0 spiro atoms. The number of fused-ring (bicyclic) bond motifs is 1. The van der Waals surface area contributed by atoms with E-state index >= 15 is 0 Å². The molecule has 5 nitrogen and oxygen atoms in total. The van der Waals surface area contributed by atoms with E-state index in [0.717, 1.165) is 35.9 Å². The van der Waals surface area contributed by atoms with Gasteiger partial charge < -0.3 is 16.0 Å². The molecule has 4 rings (SSSR count). The maximum absolute atomic E-state index is 11.5. The molecule has 1 aliphatic carbocycles. The standard InChI is InChI=1S/C20H22N4O/c21-19(25)16-5-2-6-17-18(16)24-20(23-17)14-9-7-13(8-10-14)11-12-22-15-3-1-4-15/h2,5-10,15,22H,1,3-4,11-12H2,(H2,21,25)(H,23,24). The van der Waals surface area contributed by atoms with Crippen LogP contribution in [0.4, 0.5) is 0 Å². The van der Waals surface area contributed by atoms with Crippen LogP contribution in [-0.2, 0) is 6.42 Å². The molecule has 2 aromatic carbocycles. The van der Waals surface area contributed by atoms with Gasteiger partial charge in [0.1, 0.15) is 11.3 Å². The van der Waals surface area contributed by atoms with Gasteiger partial charge in [-0.3, -0.25) is 4.79 Å². The van der Waals surface area contributed by atoms with Gasteiger partial charge >= 0.3 is 0 Å². The summed E-state index contributed by atoms with van der Waals surface area (Å²) >= 11 is 0. The van der Waals surface area contributed by atoms with Crippen molar-refractivity contribution in [3.8, 4) is 11.4 Å². The summed E-state index contributed by atoms with van der Waals surface area (Å²) in [5.41, 5.74) is 9.63. The normalized spacial score (nSPS) is 14.6. The number of hydrogen-bond donors (Lipinski definition) is 3. The van der Waals surface area contributed by atoms with E-state index in [-0.39, 0.29) is 0 Å². The van der Waals surface area contributed by atoms with Crippen molar-refractivity contribution in [1.29, 1.82) is 0 Å². The number of carbonyl (C=O) groups excluding carboxylic acids is 1. The Kier molecular flexibility index (Phi) is 4.24. The van der Waals surface area contributed by atoms with Crippen LogP contribution in [0.15, 0.2) is 42.5 Å². The number of hydrogen-bond acceptors (Lipinski definition) is 3. The predicted molar refractivity (Wildman–Crippen MR) is 99.4 cm³/mol. The van der Waals surface area contributed by atoms with Crippen molar-refractivity contribution in [2.75, 3.05) is 6.54 Å². The lowest BCUT2D eigenvalue weighted by Gasteiger charge is -2.26. The molecule has 1 saturated carbocycles. The number of carbonyl (C=O) groups is 1. The molecule has 0 unspecified atom stereocenters. The third-order valence-electron chi connectivity index (χ3n) is 4.96. The third kappa shape index (κ3) is 3.28. The van der Waals surface area contributed by atoms with Gasteiger partial charge in [0.2, 0.25) is 0 Å². The van der Waals surface area contributed by atoms with E-state index < -0.39 is 5.91 Å². The number of primary amides is 1. The summed E-state index contributed by atoms with van der Waals surface area (Å²) in [6.45, 7) is 1.02. The lowest BCUT2D eigenvalue weighted by Crippen LogP contribution is -2.36. The summed E-state index contributed by atoms with van der Waals surface area (Å²) in [6, 6.07) is 14.6. The van der Waals surface area contributed by atoms with Crippen LogP contribution in [0.3, 0.4) is 0 Å². The molecular weight excluding hydrogens is 312 g/mol. The van der Waals surface area contributed by atoms with Gasteiger partial charge in [-0.2, -0.15) is 0 Å². The number of nitrogens with zero attached hydrogens (tertiary/aromatic N) is 1. The first-order valence-electron chi connectivity index (χ1n) is 8.82. The van der Waals surface area contributed by atoms with Crippen molar-refractivity contribution in [2.45, 2.75) is 31.7 Å². The second-order valence-electron chi connectivity index (χ2n) is 6.68. The number of aromatic amines is 1. The first-order valence-corrected chi connectivity index (χ1v) is 8.82. The van der Waals surface area contributed by atoms with Crippen LogP contribution in [0.2, 0.25) is 0 Å². The summed E-state index contributed by atoms with van der Waals surface area (Å²) in [5.74, 6) is 0.292. The average molecular weight is 334 g/mol. The second-order valence-corrected chi connectivity index (χ2v) is 6.68. The smallest absolute Gasteiger partial charge is 0.250 e. The zero-order valence-electron chi connectivity index (χ0n) is 14.1. The minimum Gasteiger partial charge on any atom is -0.366 e. The highest BCUT2D eigenvalue weighted by molar-refractivity contribution is 6.04. The Bertz CT molecular complexity index is 894. The van der Waals surface area contributed by atoms with Crippen molar-refractivity contribution >= 4 is 16.9 Å². The molecule has 1 aromatic heterocycles. The number of amides is 1. The number of rotatable bonds is 6. The fourth-order valence-corrected chi connectivity index (χ4v) is 3.23. The maximum atomic E-state index is 11.5. The number of para-hydroxylation sites is 1. The van der Waals surface area contributed by atoms with Gasteiger partial charge in [0.05, 0.1) is 11.1 Å². The number of nitrogens with one attached hydrogen (secondary N) is 2. The summed E-state index contributed by atoms with van der Waals surface area (Å²) < 4.78 is 0.